The molecule has 1 fully saturated rings. The van der Waals surface area contributed by atoms with Crippen LogP contribution < -0.4 is 10.6 Å². The summed E-state index contributed by atoms with van der Waals surface area (Å²) >= 11 is 1.06. The summed E-state index contributed by atoms with van der Waals surface area (Å²) in [6, 6.07) is 0. The Morgan fingerprint density at radius 1 is 1.67 bits per heavy atom. The van der Waals surface area contributed by atoms with Crippen LogP contribution in [0.1, 0.15) is 28.7 Å². The minimum absolute atomic E-state index is 0.0289. The number of carboxylic acid groups (broad SMARTS) is 1. The van der Waals surface area contributed by atoms with Gasteiger partial charge in [0.2, 0.25) is 5.91 Å². The van der Waals surface area contributed by atoms with Crippen LogP contribution in [0.25, 0.3) is 0 Å². The van der Waals surface area contributed by atoms with Gasteiger partial charge in [-0.1, -0.05) is 18.3 Å². The smallest absolute Gasteiger partial charge is 0.347 e. The van der Waals surface area contributed by atoms with Gasteiger partial charge in [0.25, 0.3) is 0 Å². The Kier molecular flexibility index (Phi) is 3.63. The maximum atomic E-state index is 11.8. The second-order valence-corrected chi connectivity index (χ2v) is 5.22. The molecule has 3 N–H and O–H groups in total. The number of aromatic nitrogens is 1. The lowest BCUT2D eigenvalue weighted by Gasteiger charge is -2.11. The van der Waals surface area contributed by atoms with Crippen molar-refractivity contribution in [2.24, 2.45) is 11.7 Å². The third-order valence-corrected chi connectivity index (χ3v) is 4.09. The standard InChI is InChI=1S/C11H15N3O3S/c1-2-7-9(10(16)17)18-11(13-7)14-5-6(4-12)3-8(14)15/h6H,2-5,12H2,1H3,(H,16,17). The van der Waals surface area contributed by atoms with Gasteiger partial charge in [0.05, 0.1) is 5.69 Å². The highest BCUT2D eigenvalue weighted by Crippen LogP contribution is 2.31. The summed E-state index contributed by atoms with van der Waals surface area (Å²) in [5, 5.41) is 9.54. The van der Waals surface area contributed by atoms with Crippen molar-refractivity contribution in [2.75, 3.05) is 18.0 Å². The largest absolute Gasteiger partial charge is 0.477 e. The van der Waals surface area contributed by atoms with Crippen LogP contribution in [0.5, 0.6) is 0 Å². The number of rotatable bonds is 4. The number of amides is 1. The lowest BCUT2D eigenvalue weighted by Crippen LogP contribution is -2.25. The predicted molar refractivity (Wildman–Crippen MR) is 68.0 cm³/mol. The molecule has 1 atom stereocenters. The van der Waals surface area contributed by atoms with Crippen molar-refractivity contribution in [1.29, 1.82) is 0 Å². The summed E-state index contributed by atoms with van der Waals surface area (Å²) in [7, 11) is 0. The Balaban J connectivity index is 2.29. The van der Waals surface area contributed by atoms with Crippen molar-refractivity contribution in [3.8, 4) is 0 Å². The third-order valence-electron chi connectivity index (χ3n) is 2.98. The van der Waals surface area contributed by atoms with Gasteiger partial charge in [-0.05, 0) is 18.9 Å². The number of carbonyl (C=O) groups is 2. The van der Waals surface area contributed by atoms with Gasteiger partial charge in [0, 0.05) is 13.0 Å². The molecule has 0 aromatic carbocycles. The number of carbonyl (C=O) groups excluding carboxylic acids is 1. The number of hydrogen-bond donors (Lipinski definition) is 2. The Bertz CT molecular complexity index is 486. The molecule has 98 valence electrons. The molecule has 1 aromatic rings. The molecule has 1 unspecified atom stereocenters. The summed E-state index contributed by atoms with van der Waals surface area (Å²) in [6.45, 7) is 2.84. The number of anilines is 1. The fourth-order valence-corrected chi connectivity index (χ4v) is 3.01. The van der Waals surface area contributed by atoms with Crippen LogP contribution in [-0.4, -0.2) is 35.1 Å². The van der Waals surface area contributed by atoms with E-state index in [4.69, 9.17) is 10.8 Å². The van der Waals surface area contributed by atoms with Gasteiger partial charge in [-0.2, -0.15) is 0 Å². The highest BCUT2D eigenvalue weighted by Gasteiger charge is 2.32. The molecular weight excluding hydrogens is 254 g/mol. The van der Waals surface area contributed by atoms with Crippen molar-refractivity contribution in [3.63, 3.8) is 0 Å². The van der Waals surface area contributed by atoms with E-state index >= 15 is 0 Å². The molecule has 1 aliphatic heterocycles. The molecule has 6 nitrogen and oxygen atoms in total. The number of aryl methyl sites for hydroxylation is 1. The van der Waals surface area contributed by atoms with Crippen molar-refractivity contribution < 1.29 is 14.7 Å². The van der Waals surface area contributed by atoms with Crippen LogP contribution in [0, 0.1) is 5.92 Å². The SMILES string of the molecule is CCc1nc(N2CC(CN)CC2=O)sc1C(=O)O. The number of nitrogens with zero attached hydrogens (tertiary/aromatic N) is 2. The first-order valence-corrected chi connectivity index (χ1v) is 6.61. The molecule has 1 saturated heterocycles. The molecule has 0 saturated carbocycles. The Labute approximate surface area is 108 Å². The zero-order valence-corrected chi connectivity index (χ0v) is 10.9. The first-order valence-electron chi connectivity index (χ1n) is 5.80. The highest BCUT2D eigenvalue weighted by molar-refractivity contribution is 7.17. The predicted octanol–water partition coefficient (Wildman–Crippen LogP) is 0.715. The van der Waals surface area contributed by atoms with E-state index in [9.17, 15) is 9.59 Å². The number of hydrogen-bond acceptors (Lipinski definition) is 5. The molecule has 1 amide bonds. The average Bonchev–Trinajstić information content (AvgIpc) is 2.91. The monoisotopic (exact) mass is 269 g/mol. The summed E-state index contributed by atoms with van der Waals surface area (Å²) in [6.07, 6.45) is 0.959. The molecule has 0 spiro atoms. The van der Waals surface area contributed by atoms with E-state index in [1.807, 2.05) is 6.92 Å². The van der Waals surface area contributed by atoms with E-state index in [2.05, 4.69) is 4.98 Å². The zero-order chi connectivity index (χ0) is 13.3. The Hall–Kier alpha value is -1.47. The van der Waals surface area contributed by atoms with Crippen LogP contribution in [-0.2, 0) is 11.2 Å². The first-order chi connectivity index (χ1) is 8.56. The van der Waals surface area contributed by atoms with Gasteiger partial charge in [0.15, 0.2) is 5.13 Å². The molecule has 0 radical (unpaired) electrons. The van der Waals surface area contributed by atoms with E-state index in [1.165, 1.54) is 0 Å². The molecule has 0 aliphatic carbocycles. The lowest BCUT2D eigenvalue weighted by atomic mass is 10.1. The van der Waals surface area contributed by atoms with Gasteiger partial charge in [0.1, 0.15) is 4.88 Å². The van der Waals surface area contributed by atoms with Crippen molar-refractivity contribution in [2.45, 2.75) is 19.8 Å². The second-order valence-electron chi connectivity index (χ2n) is 4.24. The molecule has 2 rings (SSSR count). The first kappa shape index (κ1) is 13.0. The molecule has 1 aliphatic rings. The van der Waals surface area contributed by atoms with Crippen molar-refractivity contribution in [1.82, 2.24) is 4.98 Å². The van der Waals surface area contributed by atoms with Crippen LogP contribution in [0.15, 0.2) is 0 Å². The van der Waals surface area contributed by atoms with Crippen molar-refractivity contribution >= 4 is 28.3 Å². The molecule has 2 heterocycles. The summed E-state index contributed by atoms with van der Waals surface area (Å²) in [4.78, 5) is 28.9. The molecule has 0 bridgehead atoms. The Morgan fingerprint density at radius 3 is 2.83 bits per heavy atom. The van der Waals surface area contributed by atoms with Crippen LogP contribution >= 0.6 is 11.3 Å². The number of carboxylic acids is 1. The van der Waals surface area contributed by atoms with Gasteiger partial charge >= 0.3 is 5.97 Å². The Morgan fingerprint density at radius 2 is 2.39 bits per heavy atom. The highest BCUT2D eigenvalue weighted by atomic mass is 32.1. The number of thiazole rings is 1. The second kappa shape index (κ2) is 5.03. The van der Waals surface area contributed by atoms with E-state index in [-0.39, 0.29) is 16.7 Å². The molecular formula is C11H15N3O3S. The quantitative estimate of drug-likeness (QED) is 0.839. The van der Waals surface area contributed by atoms with Gasteiger partial charge in [-0.3, -0.25) is 9.69 Å². The molecule has 7 heteroatoms. The summed E-state index contributed by atoms with van der Waals surface area (Å²) in [5.74, 6) is -0.879. The average molecular weight is 269 g/mol. The van der Waals surface area contributed by atoms with E-state index in [0.29, 0.717) is 36.8 Å². The van der Waals surface area contributed by atoms with Crippen LogP contribution in [0.2, 0.25) is 0 Å². The summed E-state index contributed by atoms with van der Waals surface area (Å²) in [5.41, 5.74) is 6.09. The fraction of sp³-hybridized carbons (Fsp3) is 0.545. The van der Waals surface area contributed by atoms with Crippen LogP contribution in [0.4, 0.5) is 5.13 Å². The van der Waals surface area contributed by atoms with Gasteiger partial charge < -0.3 is 10.8 Å². The minimum Gasteiger partial charge on any atom is -0.477 e. The maximum Gasteiger partial charge on any atom is 0.347 e. The number of aromatic carboxylic acids is 1. The van der Waals surface area contributed by atoms with E-state index in [1.54, 1.807) is 4.90 Å². The molecule has 18 heavy (non-hydrogen) atoms. The summed E-state index contributed by atoms with van der Waals surface area (Å²) < 4.78 is 0. The normalized spacial score (nSPS) is 19.6. The van der Waals surface area contributed by atoms with Crippen molar-refractivity contribution in [3.05, 3.63) is 10.6 Å². The fourth-order valence-electron chi connectivity index (χ4n) is 1.99. The number of nitrogens with two attached hydrogens (primary N) is 1. The van der Waals surface area contributed by atoms with Gasteiger partial charge in [-0.15, -0.1) is 0 Å². The third kappa shape index (κ3) is 2.23. The maximum absolute atomic E-state index is 11.8. The van der Waals surface area contributed by atoms with Gasteiger partial charge in [-0.25, -0.2) is 9.78 Å². The van der Waals surface area contributed by atoms with E-state index < -0.39 is 5.97 Å². The zero-order valence-electron chi connectivity index (χ0n) is 10.0. The minimum atomic E-state index is -0.988. The van der Waals surface area contributed by atoms with Crippen LogP contribution in [0.3, 0.4) is 0 Å². The lowest BCUT2D eigenvalue weighted by molar-refractivity contribution is -0.117. The topological polar surface area (TPSA) is 96.5 Å². The molecule has 1 aromatic heterocycles. The van der Waals surface area contributed by atoms with E-state index in [0.717, 1.165) is 11.3 Å².